The molecular formula is C17H20FN3O2. The van der Waals surface area contributed by atoms with Crippen LogP contribution in [0.5, 0.6) is 0 Å². The number of aromatic nitrogens is 2. The average molecular weight is 317 g/mol. The molecule has 2 aromatic rings. The van der Waals surface area contributed by atoms with Crippen LogP contribution in [-0.4, -0.2) is 40.3 Å². The third-order valence-electron chi connectivity index (χ3n) is 4.18. The number of ether oxygens (including phenoxy) is 1. The zero-order chi connectivity index (χ0) is 16.2. The van der Waals surface area contributed by atoms with Crippen molar-refractivity contribution in [1.82, 2.24) is 14.7 Å². The Morgan fingerprint density at radius 3 is 2.83 bits per heavy atom. The fourth-order valence-electron chi connectivity index (χ4n) is 2.79. The lowest BCUT2D eigenvalue weighted by molar-refractivity contribution is -0.139. The lowest BCUT2D eigenvalue weighted by Gasteiger charge is -2.33. The van der Waals surface area contributed by atoms with Crippen LogP contribution in [0.4, 0.5) is 4.39 Å². The van der Waals surface area contributed by atoms with Gasteiger partial charge in [-0.2, -0.15) is 5.10 Å². The molecular weight excluding hydrogens is 297 g/mol. The van der Waals surface area contributed by atoms with Gasteiger partial charge in [-0.05, 0) is 30.2 Å². The molecule has 1 aliphatic rings. The van der Waals surface area contributed by atoms with Gasteiger partial charge in [0.1, 0.15) is 11.9 Å². The summed E-state index contributed by atoms with van der Waals surface area (Å²) in [5, 5.41) is 4.11. The Labute approximate surface area is 134 Å². The van der Waals surface area contributed by atoms with Gasteiger partial charge in [-0.1, -0.05) is 12.1 Å². The molecule has 1 aromatic heterocycles. The van der Waals surface area contributed by atoms with E-state index < -0.39 is 0 Å². The van der Waals surface area contributed by atoms with Gasteiger partial charge in [0.25, 0.3) is 0 Å². The third-order valence-corrected chi connectivity index (χ3v) is 4.18. The summed E-state index contributed by atoms with van der Waals surface area (Å²) in [5.41, 5.74) is 1.94. The van der Waals surface area contributed by atoms with E-state index in [4.69, 9.17) is 4.74 Å². The van der Waals surface area contributed by atoms with E-state index in [-0.39, 0.29) is 17.8 Å². The molecule has 1 saturated heterocycles. The SMILES string of the molecule is Cn1nccc1CCC(=O)N1CCO[C@H](c2ccc(F)cc2)C1. The third kappa shape index (κ3) is 3.76. The second-order valence-electron chi connectivity index (χ2n) is 5.70. The van der Waals surface area contributed by atoms with Gasteiger partial charge in [0.15, 0.2) is 0 Å². The summed E-state index contributed by atoms with van der Waals surface area (Å²) in [6.45, 7) is 1.61. The minimum atomic E-state index is -0.270. The van der Waals surface area contributed by atoms with Crippen molar-refractivity contribution in [1.29, 1.82) is 0 Å². The van der Waals surface area contributed by atoms with Crippen molar-refractivity contribution < 1.29 is 13.9 Å². The zero-order valence-corrected chi connectivity index (χ0v) is 13.1. The number of aryl methyl sites for hydroxylation is 2. The van der Waals surface area contributed by atoms with E-state index in [1.54, 1.807) is 23.0 Å². The highest BCUT2D eigenvalue weighted by atomic mass is 19.1. The second kappa shape index (κ2) is 6.91. The molecule has 3 rings (SSSR count). The first kappa shape index (κ1) is 15.7. The number of hydrogen-bond donors (Lipinski definition) is 0. The Bertz CT molecular complexity index is 669. The molecule has 2 heterocycles. The van der Waals surface area contributed by atoms with E-state index in [2.05, 4.69) is 5.10 Å². The molecule has 0 unspecified atom stereocenters. The first-order valence-electron chi connectivity index (χ1n) is 7.75. The predicted octanol–water partition coefficient (Wildman–Crippen LogP) is 2.09. The lowest BCUT2D eigenvalue weighted by atomic mass is 10.1. The van der Waals surface area contributed by atoms with Crippen LogP contribution in [0.15, 0.2) is 36.5 Å². The zero-order valence-electron chi connectivity index (χ0n) is 13.1. The van der Waals surface area contributed by atoms with Gasteiger partial charge in [-0.3, -0.25) is 9.48 Å². The average Bonchev–Trinajstić information content (AvgIpc) is 2.98. The molecule has 0 radical (unpaired) electrons. The van der Waals surface area contributed by atoms with E-state index in [9.17, 15) is 9.18 Å². The summed E-state index contributed by atoms with van der Waals surface area (Å²) in [5.74, 6) is -0.157. The van der Waals surface area contributed by atoms with Crippen LogP contribution in [0.25, 0.3) is 0 Å². The monoisotopic (exact) mass is 317 g/mol. The Balaban J connectivity index is 1.58. The molecule has 23 heavy (non-hydrogen) atoms. The van der Waals surface area contributed by atoms with Crippen LogP contribution < -0.4 is 0 Å². The molecule has 1 fully saturated rings. The summed E-state index contributed by atoms with van der Waals surface area (Å²) >= 11 is 0. The Kier molecular flexibility index (Phi) is 4.71. The number of halogens is 1. The molecule has 1 aliphatic heterocycles. The maximum Gasteiger partial charge on any atom is 0.223 e. The number of morpholine rings is 1. The molecule has 6 heteroatoms. The summed E-state index contributed by atoms with van der Waals surface area (Å²) < 4.78 is 20.5. The summed E-state index contributed by atoms with van der Waals surface area (Å²) in [4.78, 5) is 14.2. The quantitative estimate of drug-likeness (QED) is 0.867. The van der Waals surface area contributed by atoms with Crippen molar-refractivity contribution >= 4 is 5.91 Å². The van der Waals surface area contributed by atoms with Crippen molar-refractivity contribution in [2.24, 2.45) is 7.05 Å². The van der Waals surface area contributed by atoms with Crippen LogP contribution in [0.1, 0.15) is 23.8 Å². The number of rotatable bonds is 4. The first-order chi connectivity index (χ1) is 11.1. The Hall–Kier alpha value is -2.21. The maximum absolute atomic E-state index is 13.0. The Morgan fingerprint density at radius 1 is 1.35 bits per heavy atom. The summed E-state index contributed by atoms with van der Waals surface area (Å²) in [6, 6.07) is 8.19. The number of carbonyl (C=O) groups excluding carboxylic acids is 1. The predicted molar refractivity (Wildman–Crippen MR) is 83.2 cm³/mol. The van der Waals surface area contributed by atoms with Gasteiger partial charge >= 0.3 is 0 Å². The van der Waals surface area contributed by atoms with Gasteiger partial charge in [0, 0.05) is 31.9 Å². The number of benzene rings is 1. The van der Waals surface area contributed by atoms with Gasteiger partial charge in [-0.15, -0.1) is 0 Å². The van der Waals surface area contributed by atoms with E-state index in [1.807, 2.05) is 18.0 Å². The minimum Gasteiger partial charge on any atom is -0.370 e. The highest BCUT2D eigenvalue weighted by Gasteiger charge is 2.25. The molecule has 0 saturated carbocycles. The van der Waals surface area contributed by atoms with Crippen molar-refractivity contribution in [3.05, 3.63) is 53.6 Å². The molecule has 1 aromatic carbocycles. The van der Waals surface area contributed by atoms with E-state index in [0.29, 0.717) is 32.5 Å². The number of nitrogens with zero attached hydrogens (tertiary/aromatic N) is 3. The second-order valence-corrected chi connectivity index (χ2v) is 5.70. The smallest absolute Gasteiger partial charge is 0.223 e. The van der Waals surface area contributed by atoms with Gasteiger partial charge in [-0.25, -0.2) is 4.39 Å². The van der Waals surface area contributed by atoms with Crippen LogP contribution in [0, 0.1) is 5.82 Å². The standard InChI is InChI=1S/C17H20FN3O2/c1-20-15(8-9-19-20)6-7-17(22)21-10-11-23-16(12-21)13-2-4-14(18)5-3-13/h2-5,8-9,16H,6-7,10-12H2,1H3/t16-/m0/s1. The van der Waals surface area contributed by atoms with Crippen LogP contribution in [0.3, 0.4) is 0 Å². The van der Waals surface area contributed by atoms with Crippen molar-refractivity contribution in [3.63, 3.8) is 0 Å². The number of hydrogen-bond acceptors (Lipinski definition) is 3. The van der Waals surface area contributed by atoms with Crippen molar-refractivity contribution in [2.75, 3.05) is 19.7 Å². The molecule has 0 spiro atoms. The topological polar surface area (TPSA) is 47.4 Å². The van der Waals surface area contributed by atoms with Crippen molar-refractivity contribution in [3.8, 4) is 0 Å². The molecule has 0 bridgehead atoms. The molecule has 1 amide bonds. The van der Waals surface area contributed by atoms with Crippen LogP contribution in [0.2, 0.25) is 0 Å². The van der Waals surface area contributed by atoms with E-state index in [0.717, 1.165) is 11.3 Å². The van der Waals surface area contributed by atoms with E-state index in [1.165, 1.54) is 12.1 Å². The van der Waals surface area contributed by atoms with Crippen LogP contribution in [-0.2, 0) is 23.0 Å². The molecule has 5 nitrogen and oxygen atoms in total. The van der Waals surface area contributed by atoms with E-state index >= 15 is 0 Å². The normalized spacial score (nSPS) is 18.2. The van der Waals surface area contributed by atoms with Gasteiger partial charge in [0.2, 0.25) is 5.91 Å². The van der Waals surface area contributed by atoms with Gasteiger partial charge in [0.05, 0.1) is 13.2 Å². The van der Waals surface area contributed by atoms with Crippen LogP contribution >= 0.6 is 0 Å². The largest absolute Gasteiger partial charge is 0.370 e. The first-order valence-corrected chi connectivity index (χ1v) is 7.75. The Morgan fingerprint density at radius 2 is 2.13 bits per heavy atom. The molecule has 0 aliphatic carbocycles. The minimum absolute atomic E-state index is 0.113. The maximum atomic E-state index is 13.0. The molecule has 1 atom stereocenters. The lowest BCUT2D eigenvalue weighted by Crippen LogP contribution is -2.42. The molecule has 122 valence electrons. The fourth-order valence-corrected chi connectivity index (χ4v) is 2.79. The number of amides is 1. The van der Waals surface area contributed by atoms with Crippen molar-refractivity contribution in [2.45, 2.75) is 18.9 Å². The fraction of sp³-hybridized carbons (Fsp3) is 0.412. The summed E-state index contributed by atoms with van der Waals surface area (Å²) in [7, 11) is 1.87. The highest BCUT2D eigenvalue weighted by Crippen LogP contribution is 2.23. The summed E-state index contributed by atoms with van der Waals surface area (Å²) in [6.07, 6.45) is 2.67. The van der Waals surface area contributed by atoms with Gasteiger partial charge < -0.3 is 9.64 Å². The number of carbonyl (C=O) groups is 1. The molecule has 0 N–H and O–H groups in total. The highest BCUT2D eigenvalue weighted by molar-refractivity contribution is 5.76.